The molecule has 1 aromatic heterocycles. The fourth-order valence-electron chi connectivity index (χ4n) is 1.87. The van der Waals surface area contributed by atoms with Gasteiger partial charge in [-0.1, -0.05) is 0 Å². The lowest BCUT2D eigenvalue weighted by molar-refractivity contribution is 0.415. The number of aryl methyl sites for hydroxylation is 1. The first-order valence-electron chi connectivity index (χ1n) is 5.42. The van der Waals surface area contributed by atoms with E-state index in [1.165, 1.54) is 0 Å². The van der Waals surface area contributed by atoms with Crippen LogP contribution in [0.15, 0.2) is 24.3 Å². The van der Waals surface area contributed by atoms with Crippen LogP contribution in [-0.4, -0.2) is 17.2 Å². The molecule has 0 fully saturated rings. The first-order chi connectivity index (χ1) is 8.17. The number of aromatic hydroxyl groups is 1. The smallest absolute Gasteiger partial charge is 0.145 e. The molecule has 0 radical (unpaired) electrons. The average Bonchev–Trinajstić information content (AvgIpc) is 2.64. The lowest BCUT2D eigenvalue weighted by Crippen LogP contribution is -1.96. The van der Waals surface area contributed by atoms with Gasteiger partial charge in [0.25, 0.3) is 0 Å². The van der Waals surface area contributed by atoms with Crippen LogP contribution in [0.1, 0.15) is 11.3 Å². The van der Waals surface area contributed by atoms with Crippen LogP contribution < -0.4 is 10.5 Å². The van der Waals surface area contributed by atoms with Gasteiger partial charge in [0, 0.05) is 23.4 Å². The molecule has 4 heteroatoms. The summed E-state index contributed by atoms with van der Waals surface area (Å²) in [4.78, 5) is 3.15. The zero-order valence-corrected chi connectivity index (χ0v) is 9.95. The molecule has 0 spiro atoms. The molecule has 2 rings (SSSR count). The molecule has 4 N–H and O–H groups in total. The Morgan fingerprint density at radius 2 is 1.94 bits per heavy atom. The van der Waals surface area contributed by atoms with E-state index in [1.807, 2.05) is 31.2 Å². The maximum absolute atomic E-state index is 10.0. The number of nitrogens with one attached hydrogen (secondary N) is 1. The molecule has 0 atom stereocenters. The highest BCUT2D eigenvalue weighted by molar-refractivity contribution is 5.70. The van der Waals surface area contributed by atoms with Gasteiger partial charge in [-0.25, -0.2) is 0 Å². The lowest BCUT2D eigenvalue weighted by Gasteiger charge is -2.02. The van der Waals surface area contributed by atoms with Crippen molar-refractivity contribution in [2.45, 2.75) is 13.5 Å². The summed E-state index contributed by atoms with van der Waals surface area (Å²) in [7, 11) is 1.62. The van der Waals surface area contributed by atoms with Crippen molar-refractivity contribution in [1.29, 1.82) is 0 Å². The predicted molar refractivity (Wildman–Crippen MR) is 67.1 cm³/mol. The summed E-state index contributed by atoms with van der Waals surface area (Å²) in [6, 6.07) is 7.49. The second-order valence-electron chi connectivity index (χ2n) is 3.88. The minimum absolute atomic E-state index is 0.232. The molecule has 4 nitrogen and oxygen atoms in total. The van der Waals surface area contributed by atoms with E-state index in [9.17, 15) is 5.11 Å². The van der Waals surface area contributed by atoms with Crippen LogP contribution in [0.2, 0.25) is 0 Å². The van der Waals surface area contributed by atoms with Crippen molar-refractivity contribution >= 4 is 0 Å². The summed E-state index contributed by atoms with van der Waals surface area (Å²) in [5, 5.41) is 10.0. The maximum atomic E-state index is 10.0. The number of aromatic nitrogens is 1. The number of hydrogen-bond acceptors (Lipinski definition) is 3. The van der Waals surface area contributed by atoms with Gasteiger partial charge in [-0.15, -0.1) is 0 Å². The topological polar surface area (TPSA) is 71.3 Å². The normalized spacial score (nSPS) is 10.5. The van der Waals surface area contributed by atoms with E-state index < -0.39 is 0 Å². The minimum atomic E-state index is 0.232. The number of ether oxygens (including phenoxy) is 1. The Labute approximate surface area is 100 Å². The number of H-pyrrole nitrogens is 1. The molecule has 1 aromatic carbocycles. The molecule has 0 bridgehead atoms. The van der Waals surface area contributed by atoms with Crippen LogP contribution in [0.5, 0.6) is 11.5 Å². The molecule has 0 unspecified atom stereocenters. The monoisotopic (exact) mass is 232 g/mol. The van der Waals surface area contributed by atoms with Crippen molar-refractivity contribution < 1.29 is 9.84 Å². The summed E-state index contributed by atoms with van der Waals surface area (Å²) in [5.41, 5.74) is 8.86. The minimum Gasteiger partial charge on any atom is -0.505 e. The van der Waals surface area contributed by atoms with Crippen molar-refractivity contribution in [3.05, 3.63) is 35.5 Å². The van der Waals surface area contributed by atoms with Gasteiger partial charge in [-0.2, -0.15) is 0 Å². The van der Waals surface area contributed by atoms with E-state index in [1.54, 1.807) is 7.11 Å². The van der Waals surface area contributed by atoms with Crippen molar-refractivity contribution in [3.63, 3.8) is 0 Å². The van der Waals surface area contributed by atoms with Crippen molar-refractivity contribution in [2.24, 2.45) is 5.73 Å². The number of nitrogens with two attached hydrogens (primary N) is 1. The molecular weight excluding hydrogens is 216 g/mol. The molecule has 90 valence electrons. The molecule has 0 saturated carbocycles. The first kappa shape index (κ1) is 11.5. The van der Waals surface area contributed by atoms with Crippen LogP contribution in [0.4, 0.5) is 0 Å². The Hall–Kier alpha value is -1.94. The highest BCUT2D eigenvalue weighted by Crippen LogP contribution is 2.34. The summed E-state index contributed by atoms with van der Waals surface area (Å²) in [6.45, 7) is 2.22. The number of rotatable bonds is 3. The zero-order chi connectivity index (χ0) is 12.4. The van der Waals surface area contributed by atoms with Crippen molar-refractivity contribution in [3.8, 4) is 22.8 Å². The molecule has 0 aliphatic rings. The van der Waals surface area contributed by atoms with E-state index in [2.05, 4.69) is 4.98 Å². The van der Waals surface area contributed by atoms with E-state index >= 15 is 0 Å². The van der Waals surface area contributed by atoms with Crippen LogP contribution >= 0.6 is 0 Å². The molecule has 0 amide bonds. The standard InChI is InChI=1S/C13H16N2O2/c1-8-11(7-14)13(16)12(15-8)9-3-5-10(17-2)6-4-9/h3-6,15-16H,7,14H2,1-2H3. The SMILES string of the molecule is COc1ccc(-c2[nH]c(C)c(CN)c2O)cc1. The van der Waals surface area contributed by atoms with E-state index in [-0.39, 0.29) is 5.75 Å². The largest absolute Gasteiger partial charge is 0.505 e. The Morgan fingerprint density at radius 1 is 1.29 bits per heavy atom. The Morgan fingerprint density at radius 3 is 2.41 bits per heavy atom. The van der Waals surface area contributed by atoms with Crippen LogP contribution in [0.3, 0.4) is 0 Å². The summed E-state index contributed by atoms with van der Waals surface area (Å²) in [5.74, 6) is 1.02. The van der Waals surface area contributed by atoms with Crippen LogP contribution in [0.25, 0.3) is 11.3 Å². The fourth-order valence-corrected chi connectivity index (χ4v) is 1.87. The molecule has 2 aromatic rings. The average molecular weight is 232 g/mol. The summed E-state index contributed by atoms with van der Waals surface area (Å²) in [6.07, 6.45) is 0. The summed E-state index contributed by atoms with van der Waals surface area (Å²) < 4.78 is 5.09. The van der Waals surface area contributed by atoms with E-state index in [0.717, 1.165) is 22.6 Å². The van der Waals surface area contributed by atoms with E-state index in [4.69, 9.17) is 10.5 Å². The van der Waals surface area contributed by atoms with Crippen LogP contribution in [-0.2, 0) is 6.54 Å². The molecular formula is C13H16N2O2. The van der Waals surface area contributed by atoms with Crippen molar-refractivity contribution in [1.82, 2.24) is 4.98 Å². The Kier molecular flexibility index (Phi) is 3.06. The van der Waals surface area contributed by atoms with Crippen molar-refractivity contribution in [2.75, 3.05) is 7.11 Å². The van der Waals surface area contributed by atoms with Crippen LogP contribution in [0, 0.1) is 6.92 Å². The lowest BCUT2D eigenvalue weighted by atomic mass is 10.1. The molecule has 1 heterocycles. The third-order valence-corrected chi connectivity index (χ3v) is 2.87. The quantitative estimate of drug-likeness (QED) is 0.759. The van der Waals surface area contributed by atoms with Gasteiger partial charge < -0.3 is 20.6 Å². The van der Waals surface area contributed by atoms with Gasteiger partial charge in [0.05, 0.1) is 12.8 Å². The van der Waals surface area contributed by atoms with Gasteiger partial charge in [0.1, 0.15) is 11.5 Å². The molecule has 0 aliphatic heterocycles. The molecule has 0 saturated heterocycles. The Balaban J connectivity index is 2.45. The third-order valence-electron chi connectivity index (χ3n) is 2.87. The van der Waals surface area contributed by atoms with Gasteiger partial charge in [-0.05, 0) is 31.2 Å². The highest BCUT2D eigenvalue weighted by Gasteiger charge is 2.14. The summed E-state index contributed by atoms with van der Waals surface area (Å²) >= 11 is 0. The zero-order valence-electron chi connectivity index (χ0n) is 9.95. The van der Waals surface area contributed by atoms with Gasteiger partial charge >= 0.3 is 0 Å². The van der Waals surface area contributed by atoms with Gasteiger partial charge in [-0.3, -0.25) is 0 Å². The van der Waals surface area contributed by atoms with E-state index in [0.29, 0.717) is 12.2 Å². The maximum Gasteiger partial charge on any atom is 0.145 e. The number of benzene rings is 1. The van der Waals surface area contributed by atoms with Gasteiger partial charge in [0.2, 0.25) is 0 Å². The predicted octanol–water partition coefficient (Wildman–Crippen LogP) is 2.16. The third kappa shape index (κ3) is 1.99. The number of aromatic amines is 1. The second kappa shape index (κ2) is 4.51. The molecule has 0 aliphatic carbocycles. The highest BCUT2D eigenvalue weighted by atomic mass is 16.5. The van der Waals surface area contributed by atoms with Gasteiger partial charge in [0.15, 0.2) is 0 Å². The Bertz CT molecular complexity index is 515. The second-order valence-corrected chi connectivity index (χ2v) is 3.88. The first-order valence-corrected chi connectivity index (χ1v) is 5.42. The number of methoxy groups -OCH3 is 1. The number of hydrogen-bond donors (Lipinski definition) is 3. The molecule has 17 heavy (non-hydrogen) atoms. The fraction of sp³-hybridized carbons (Fsp3) is 0.231.